The SMILES string of the molecule is Cc1cc(C(F)(F)F)nn1-c1ccc2[nH]c(-c3ccccc3)cc2n1. The zero-order valence-corrected chi connectivity index (χ0v) is 13.2. The molecule has 0 aliphatic heterocycles. The molecule has 25 heavy (non-hydrogen) atoms. The standard InChI is InChI=1S/C18H13F3N4/c1-11-9-16(18(19,20)21)24-25(11)17-8-7-13-15(23-17)10-14(22-13)12-5-3-2-4-6-12/h2-10,22H,1H3. The van der Waals surface area contributed by atoms with Gasteiger partial charge in [-0.3, -0.25) is 0 Å². The van der Waals surface area contributed by atoms with Crippen LogP contribution in [-0.4, -0.2) is 19.7 Å². The van der Waals surface area contributed by atoms with Crippen molar-refractivity contribution >= 4 is 11.0 Å². The molecule has 0 amide bonds. The van der Waals surface area contributed by atoms with Gasteiger partial charge in [-0.1, -0.05) is 30.3 Å². The molecule has 3 aromatic heterocycles. The number of benzene rings is 1. The van der Waals surface area contributed by atoms with E-state index in [2.05, 4.69) is 15.1 Å². The van der Waals surface area contributed by atoms with Crippen molar-refractivity contribution in [2.45, 2.75) is 13.1 Å². The molecule has 0 saturated heterocycles. The van der Waals surface area contributed by atoms with Gasteiger partial charge in [-0.25, -0.2) is 9.67 Å². The van der Waals surface area contributed by atoms with Gasteiger partial charge in [-0.15, -0.1) is 0 Å². The highest BCUT2D eigenvalue weighted by molar-refractivity contribution is 5.83. The number of alkyl halides is 3. The lowest BCUT2D eigenvalue weighted by Crippen LogP contribution is -2.08. The number of nitrogens with one attached hydrogen (secondary N) is 1. The van der Waals surface area contributed by atoms with Crippen molar-refractivity contribution in [2.75, 3.05) is 0 Å². The molecule has 1 N–H and O–H groups in total. The Balaban J connectivity index is 1.79. The molecule has 3 heterocycles. The first kappa shape index (κ1) is 15.4. The third-order valence-corrected chi connectivity index (χ3v) is 3.94. The number of hydrogen-bond donors (Lipinski definition) is 1. The highest BCUT2D eigenvalue weighted by atomic mass is 19.4. The van der Waals surface area contributed by atoms with E-state index in [0.29, 0.717) is 17.0 Å². The largest absolute Gasteiger partial charge is 0.435 e. The van der Waals surface area contributed by atoms with Crippen molar-refractivity contribution in [1.29, 1.82) is 0 Å². The summed E-state index contributed by atoms with van der Waals surface area (Å²) in [4.78, 5) is 7.71. The Morgan fingerprint density at radius 2 is 1.76 bits per heavy atom. The van der Waals surface area contributed by atoms with E-state index in [9.17, 15) is 13.2 Å². The van der Waals surface area contributed by atoms with Crippen molar-refractivity contribution in [2.24, 2.45) is 0 Å². The lowest BCUT2D eigenvalue weighted by Gasteiger charge is -2.03. The first-order valence-electron chi connectivity index (χ1n) is 7.61. The Kier molecular flexibility index (Phi) is 3.38. The molecule has 4 aromatic rings. The van der Waals surface area contributed by atoms with Gasteiger partial charge in [0.25, 0.3) is 0 Å². The first-order chi connectivity index (χ1) is 11.9. The summed E-state index contributed by atoms with van der Waals surface area (Å²) in [6.45, 7) is 1.57. The van der Waals surface area contributed by atoms with Gasteiger partial charge in [0.05, 0.1) is 11.0 Å². The van der Waals surface area contributed by atoms with Gasteiger partial charge in [0.15, 0.2) is 11.5 Å². The molecule has 126 valence electrons. The second kappa shape index (κ2) is 5.47. The minimum absolute atomic E-state index is 0.346. The van der Waals surface area contributed by atoms with E-state index < -0.39 is 11.9 Å². The van der Waals surface area contributed by atoms with Crippen molar-refractivity contribution in [1.82, 2.24) is 19.7 Å². The van der Waals surface area contributed by atoms with Gasteiger partial charge in [0.1, 0.15) is 0 Å². The van der Waals surface area contributed by atoms with E-state index in [1.807, 2.05) is 36.4 Å². The van der Waals surface area contributed by atoms with Crippen LogP contribution in [0.2, 0.25) is 0 Å². The van der Waals surface area contributed by atoms with Gasteiger partial charge in [-0.05, 0) is 36.8 Å². The maximum atomic E-state index is 12.8. The maximum Gasteiger partial charge on any atom is 0.435 e. The summed E-state index contributed by atoms with van der Waals surface area (Å²) < 4.78 is 39.7. The molecular weight excluding hydrogens is 329 g/mol. The molecular formula is C18H13F3N4. The average molecular weight is 342 g/mol. The van der Waals surface area contributed by atoms with E-state index in [4.69, 9.17) is 0 Å². The first-order valence-corrected chi connectivity index (χ1v) is 7.61. The molecule has 7 heteroatoms. The van der Waals surface area contributed by atoms with E-state index in [1.54, 1.807) is 19.1 Å². The van der Waals surface area contributed by atoms with Crippen molar-refractivity contribution in [3.05, 3.63) is 66.0 Å². The number of aromatic amines is 1. The highest BCUT2D eigenvalue weighted by Crippen LogP contribution is 2.29. The predicted molar refractivity (Wildman–Crippen MR) is 88.4 cm³/mol. The Morgan fingerprint density at radius 1 is 1.00 bits per heavy atom. The van der Waals surface area contributed by atoms with E-state index in [-0.39, 0.29) is 0 Å². The van der Waals surface area contributed by atoms with E-state index >= 15 is 0 Å². The zero-order chi connectivity index (χ0) is 17.6. The van der Waals surface area contributed by atoms with Gasteiger partial charge >= 0.3 is 6.18 Å². The van der Waals surface area contributed by atoms with Gasteiger partial charge in [-0.2, -0.15) is 18.3 Å². The molecule has 4 rings (SSSR count). The summed E-state index contributed by atoms with van der Waals surface area (Å²) in [5.74, 6) is 0.346. The maximum absolute atomic E-state index is 12.8. The van der Waals surface area contributed by atoms with Gasteiger partial charge in [0, 0.05) is 11.4 Å². The van der Waals surface area contributed by atoms with Crippen LogP contribution in [0, 0.1) is 6.92 Å². The van der Waals surface area contributed by atoms with Crippen LogP contribution in [0.1, 0.15) is 11.4 Å². The van der Waals surface area contributed by atoms with Crippen LogP contribution >= 0.6 is 0 Å². The van der Waals surface area contributed by atoms with Crippen LogP contribution in [-0.2, 0) is 6.18 Å². The molecule has 0 saturated carbocycles. The summed E-state index contributed by atoms with van der Waals surface area (Å²) in [6.07, 6.45) is -4.48. The zero-order valence-electron chi connectivity index (χ0n) is 13.2. The lowest BCUT2D eigenvalue weighted by molar-refractivity contribution is -0.141. The lowest BCUT2D eigenvalue weighted by atomic mass is 10.2. The van der Waals surface area contributed by atoms with Crippen molar-refractivity contribution < 1.29 is 13.2 Å². The van der Waals surface area contributed by atoms with Crippen molar-refractivity contribution in [3.63, 3.8) is 0 Å². The number of aryl methyl sites for hydroxylation is 1. The number of halogens is 3. The molecule has 0 radical (unpaired) electrons. The molecule has 0 unspecified atom stereocenters. The minimum Gasteiger partial charge on any atom is -0.353 e. The normalized spacial score (nSPS) is 12.0. The molecule has 4 nitrogen and oxygen atoms in total. The fourth-order valence-electron chi connectivity index (χ4n) is 2.73. The quantitative estimate of drug-likeness (QED) is 0.572. The molecule has 0 aliphatic rings. The van der Waals surface area contributed by atoms with Crippen molar-refractivity contribution in [3.8, 4) is 17.1 Å². The number of rotatable bonds is 2. The third kappa shape index (κ3) is 2.77. The Hall–Kier alpha value is -3.09. The second-order valence-electron chi connectivity index (χ2n) is 5.73. The number of aromatic nitrogens is 4. The van der Waals surface area contributed by atoms with Crippen LogP contribution in [0.25, 0.3) is 28.1 Å². The Labute approximate surface area is 140 Å². The van der Waals surface area contributed by atoms with Gasteiger partial charge < -0.3 is 4.98 Å². The van der Waals surface area contributed by atoms with Crippen LogP contribution in [0.15, 0.2) is 54.6 Å². The average Bonchev–Trinajstić information content (AvgIpc) is 3.18. The molecule has 1 aromatic carbocycles. The minimum atomic E-state index is -4.48. The number of pyridine rings is 1. The van der Waals surface area contributed by atoms with Crippen LogP contribution < -0.4 is 0 Å². The fraction of sp³-hybridized carbons (Fsp3) is 0.111. The topological polar surface area (TPSA) is 46.5 Å². The van der Waals surface area contributed by atoms with E-state index in [1.165, 1.54) is 4.68 Å². The van der Waals surface area contributed by atoms with Gasteiger partial charge in [0.2, 0.25) is 0 Å². The van der Waals surface area contributed by atoms with Crippen LogP contribution in [0.3, 0.4) is 0 Å². The van der Waals surface area contributed by atoms with E-state index in [0.717, 1.165) is 22.8 Å². The number of nitrogens with zero attached hydrogens (tertiary/aromatic N) is 3. The fourth-order valence-corrected chi connectivity index (χ4v) is 2.73. The van der Waals surface area contributed by atoms with Crippen LogP contribution in [0.4, 0.5) is 13.2 Å². The number of H-pyrrole nitrogens is 1. The molecule has 0 aliphatic carbocycles. The molecule has 0 atom stereocenters. The molecule has 0 spiro atoms. The summed E-state index contributed by atoms with van der Waals surface area (Å²) in [5, 5.41) is 3.64. The number of fused-ring (bicyclic) bond motifs is 1. The summed E-state index contributed by atoms with van der Waals surface area (Å²) in [6, 6.07) is 16.1. The summed E-state index contributed by atoms with van der Waals surface area (Å²) in [5.41, 5.74) is 2.83. The smallest absolute Gasteiger partial charge is 0.353 e. The molecule has 0 fully saturated rings. The predicted octanol–water partition coefficient (Wildman–Crippen LogP) is 4.74. The second-order valence-corrected chi connectivity index (χ2v) is 5.73. The Bertz CT molecular complexity index is 1050. The monoisotopic (exact) mass is 342 g/mol. The molecule has 0 bridgehead atoms. The third-order valence-electron chi connectivity index (χ3n) is 3.94. The van der Waals surface area contributed by atoms with Crippen LogP contribution in [0.5, 0.6) is 0 Å². The summed E-state index contributed by atoms with van der Waals surface area (Å²) >= 11 is 0. The Morgan fingerprint density at radius 3 is 2.44 bits per heavy atom. The number of hydrogen-bond acceptors (Lipinski definition) is 2. The highest BCUT2D eigenvalue weighted by Gasteiger charge is 2.34. The summed E-state index contributed by atoms with van der Waals surface area (Å²) in [7, 11) is 0.